The zero-order valence-electron chi connectivity index (χ0n) is 13.9. The summed E-state index contributed by atoms with van der Waals surface area (Å²) >= 11 is 0. The Morgan fingerprint density at radius 1 is 1.04 bits per heavy atom. The van der Waals surface area contributed by atoms with E-state index in [2.05, 4.69) is 25.4 Å². The van der Waals surface area contributed by atoms with Gasteiger partial charge in [0.2, 0.25) is 0 Å². The van der Waals surface area contributed by atoms with E-state index in [1.165, 1.54) is 13.0 Å². The number of nitrogens with one attached hydrogen (secondary N) is 2. The van der Waals surface area contributed by atoms with Gasteiger partial charge < -0.3 is 9.84 Å². The van der Waals surface area contributed by atoms with Crippen LogP contribution in [0.25, 0.3) is 0 Å². The summed E-state index contributed by atoms with van der Waals surface area (Å²) in [6.45, 7) is 3.06. The second-order valence-corrected chi connectivity index (χ2v) is 7.00. The maximum Gasteiger partial charge on any atom is 0.268 e. The van der Waals surface area contributed by atoms with Crippen molar-refractivity contribution in [3.05, 3.63) is 53.4 Å². The normalized spacial score (nSPS) is 11.0. The third-order valence-electron chi connectivity index (χ3n) is 3.43. The Labute approximate surface area is 149 Å². The van der Waals surface area contributed by atoms with Gasteiger partial charge in [0.1, 0.15) is 5.69 Å². The smallest absolute Gasteiger partial charge is 0.268 e. The predicted octanol–water partition coefficient (Wildman–Crippen LogP) is 2.50. The van der Waals surface area contributed by atoms with E-state index in [4.69, 9.17) is 9.78 Å². The van der Waals surface area contributed by atoms with E-state index in [1.54, 1.807) is 37.3 Å². The lowest BCUT2D eigenvalue weighted by Crippen LogP contribution is -2.15. The third kappa shape index (κ3) is 3.62. The van der Waals surface area contributed by atoms with Crippen LogP contribution in [0.1, 0.15) is 17.0 Å². The first-order valence-electron chi connectivity index (χ1n) is 7.45. The first-order chi connectivity index (χ1) is 12.4. The summed E-state index contributed by atoms with van der Waals surface area (Å²) in [5.41, 5.74) is 1.54. The maximum absolute atomic E-state index is 12.4. The van der Waals surface area contributed by atoms with E-state index >= 15 is 0 Å². The van der Waals surface area contributed by atoms with Gasteiger partial charge in [-0.3, -0.25) is 4.72 Å². The number of hydrogen-bond acceptors (Lipinski definition) is 8. The molecule has 0 bridgehead atoms. The summed E-state index contributed by atoms with van der Waals surface area (Å²) < 4.78 is 32.1. The molecule has 26 heavy (non-hydrogen) atoms. The molecule has 0 atom stereocenters. The van der Waals surface area contributed by atoms with Crippen molar-refractivity contribution in [2.75, 3.05) is 10.0 Å². The topological polar surface area (TPSA) is 134 Å². The molecule has 9 nitrogen and oxygen atoms in total. The van der Waals surface area contributed by atoms with Crippen molar-refractivity contribution in [1.29, 1.82) is 5.26 Å². The van der Waals surface area contributed by atoms with Crippen molar-refractivity contribution in [2.45, 2.75) is 18.7 Å². The molecule has 0 amide bonds. The van der Waals surface area contributed by atoms with Crippen LogP contribution in [0.5, 0.6) is 0 Å². The number of nitriles is 1. The second kappa shape index (κ2) is 6.81. The van der Waals surface area contributed by atoms with Crippen LogP contribution in [0.4, 0.5) is 17.3 Å². The Morgan fingerprint density at radius 3 is 2.23 bits per heavy atom. The van der Waals surface area contributed by atoms with Gasteiger partial charge in [0.05, 0.1) is 11.6 Å². The summed E-state index contributed by atoms with van der Waals surface area (Å²) in [4.78, 5) is -0.0147. The molecule has 0 saturated heterocycles. The fourth-order valence-corrected chi connectivity index (χ4v) is 3.60. The zero-order valence-corrected chi connectivity index (χ0v) is 14.7. The van der Waals surface area contributed by atoms with Crippen LogP contribution in [0.15, 0.2) is 45.8 Å². The molecule has 0 saturated carbocycles. The fourth-order valence-electron chi connectivity index (χ4n) is 2.28. The molecule has 0 unspecified atom stereocenters. The molecule has 2 aromatic heterocycles. The number of aryl methyl sites for hydroxylation is 2. The highest BCUT2D eigenvalue weighted by Gasteiger charge is 2.24. The Balaban J connectivity index is 1.74. The lowest BCUT2D eigenvalue weighted by Gasteiger charge is -2.08. The molecule has 0 aliphatic rings. The van der Waals surface area contributed by atoms with Crippen molar-refractivity contribution in [1.82, 2.24) is 15.4 Å². The van der Waals surface area contributed by atoms with Gasteiger partial charge in [-0.2, -0.15) is 5.26 Å². The van der Waals surface area contributed by atoms with Crippen molar-refractivity contribution in [3.63, 3.8) is 0 Å². The molecule has 2 N–H and O–H groups in total. The lowest BCUT2D eigenvalue weighted by atomic mass is 10.2. The SMILES string of the molecule is Cc1noc(C)c1S(=O)(=O)Nc1ccc(Nc2ccc(C#N)cc2)nn1. The summed E-state index contributed by atoms with van der Waals surface area (Å²) in [7, 11) is -3.87. The molecule has 132 valence electrons. The average molecular weight is 370 g/mol. The van der Waals surface area contributed by atoms with Gasteiger partial charge in [-0.1, -0.05) is 5.16 Å². The summed E-state index contributed by atoms with van der Waals surface area (Å²) in [5, 5.41) is 23.2. The minimum atomic E-state index is -3.87. The highest BCUT2D eigenvalue weighted by Crippen LogP contribution is 2.22. The molecule has 2 heterocycles. The van der Waals surface area contributed by atoms with Crippen molar-refractivity contribution in [2.24, 2.45) is 0 Å². The van der Waals surface area contributed by atoms with Crippen LogP contribution >= 0.6 is 0 Å². The number of aromatic nitrogens is 3. The van der Waals surface area contributed by atoms with E-state index in [0.717, 1.165) is 5.69 Å². The van der Waals surface area contributed by atoms with Crippen LogP contribution in [0.2, 0.25) is 0 Å². The van der Waals surface area contributed by atoms with E-state index in [0.29, 0.717) is 11.4 Å². The number of sulfonamides is 1. The van der Waals surface area contributed by atoms with Gasteiger partial charge in [0.15, 0.2) is 22.3 Å². The Morgan fingerprint density at radius 2 is 1.69 bits per heavy atom. The predicted molar refractivity (Wildman–Crippen MR) is 93.3 cm³/mol. The van der Waals surface area contributed by atoms with E-state index in [9.17, 15) is 8.42 Å². The van der Waals surface area contributed by atoms with E-state index in [-0.39, 0.29) is 22.2 Å². The van der Waals surface area contributed by atoms with Crippen molar-refractivity contribution < 1.29 is 12.9 Å². The van der Waals surface area contributed by atoms with Crippen LogP contribution in [0.3, 0.4) is 0 Å². The van der Waals surface area contributed by atoms with Crippen LogP contribution in [0, 0.1) is 25.2 Å². The zero-order chi connectivity index (χ0) is 18.7. The molecule has 0 spiro atoms. The Bertz CT molecular complexity index is 1050. The number of rotatable bonds is 5. The van der Waals surface area contributed by atoms with E-state index < -0.39 is 10.0 Å². The molecular weight excluding hydrogens is 356 g/mol. The summed E-state index contributed by atoms with van der Waals surface area (Å²) in [6.07, 6.45) is 0. The number of hydrogen-bond donors (Lipinski definition) is 2. The molecule has 10 heteroatoms. The second-order valence-electron chi connectivity index (χ2n) is 5.38. The van der Waals surface area contributed by atoms with Crippen molar-refractivity contribution in [3.8, 4) is 6.07 Å². The first kappa shape index (κ1) is 17.4. The maximum atomic E-state index is 12.4. The van der Waals surface area contributed by atoms with Crippen LogP contribution in [-0.4, -0.2) is 23.8 Å². The molecule has 3 rings (SSSR count). The molecular formula is C16H14N6O3S. The van der Waals surface area contributed by atoms with Gasteiger partial charge in [-0.05, 0) is 50.2 Å². The van der Waals surface area contributed by atoms with E-state index in [1.807, 2.05) is 6.07 Å². The molecule has 0 fully saturated rings. The fraction of sp³-hybridized carbons (Fsp3) is 0.125. The first-order valence-corrected chi connectivity index (χ1v) is 8.94. The number of benzene rings is 1. The van der Waals surface area contributed by atoms with Gasteiger partial charge in [0, 0.05) is 5.69 Å². The van der Waals surface area contributed by atoms with Gasteiger partial charge in [-0.25, -0.2) is 8.42 Å². The largest absolute Gasteiger partial charge is 0.360 e. The standard InChI is InChI=1S/C16H14N6O3S/c1-10-16(11(2)25-21-10)26(23,24)22-15-8-7-14(19-20-15)18-13-5-3-12(9-17)4-6-13/h3-8H,1-2H3,(H,18,19)(H,20,22). The van der Waals surface area contributed by atoms with Crippen molar-refractivity contribution >= 4 is 27.3 Å². The Kier molecular flexibility index (Phi) is 4.55. The highest BCUT2D eigenvalue weighted by molar-refractivity contribution is 7.92. The van der Waals surface area contributed by atoms with Gasteiger partial charge in [0.25, 0.3) is 10.0 Å². The lowest BCUT2D eigenvalue weighted by molar-refractivity contribution is 0.390. The Hall–Kier alpha value is -3.45. The minimum Gasteiger partial charge on any atom is -0.360 e. The van der Waals surface area contributed by atoms with Gasteiger partial charge in [-0.15, -0.1) is 10.2 Å². The minimum absolute atomic E-state index is 0.0147. The highest BCUT2D eigenvalue weighted by atomic mass is 32.2. The van der Waals surface area contributed by atoms with Gasteiger partial charge >= 0.3 is 0 Å². The molecule has 1 aromatic carbocycles. The molecule has 0 aliphatic heterocycles. The summed E-state index contributed by atoms with van der Waals surface area (Å²) in [5.74, 6) is 0.687. The molecule has 3 aromatic rings. The molecule has 0 aliphatic carbocycles. The number of anilines is 3. The summed E-state index contributed by atoms with van der Waals surface area (Å²) in [6, 6.07) is 11.9. The van der Waals surface area contributed by atoms with Crippen LogP contribution < -0.4 is 10.0 Å². The molecule has 0 radical (unpaired) electrons. The third-order valence-corrected chi connectivity index (χ3v) is 5.02. The number of nitrogens with zero attached hydrogens (tertiary/aromatic N) is 4. The average Bonchev–Trinajstić information content (AvgIpc) is 2.96. The monoisotopic (exact) mass is 370 g/mol. The van der Waals surface area contributed by atoms with Crippen LogP contribution in [-0.2, 0) is 10.0 Å². The quantitative estimate of drug-likeness (QED) is 0.699.